The van der Waals surface area contributed by atoms with E-state index in [4.69, 9.17) is 9.84 Å². The zero-order valence-corrected chi connectivity index (χ0v) is 10.1. The van der Waals surface area contributed by atoms with Gasteiger partial charge < -0.3 is 20.5 Å². The minimum atomic E-state index is -0.896. The molecule has 0 aliphatic carbocycles. The number of carbonyl (C=O) groups is 2. The third kappa shape index (κ3) is 5.65. The van der Waals surface area contributed by atoms with Crippen molar-refractivity contribution in [1.82, 2.24) is 10.6 Å². The lowest BCUT2D eigenvalue weighted by molar-refractivity contribution is -0.137. The van der Waals surface area contributed by atoms with Gasteiger partial charge in [-0.2, -0.15) is 0 Å². The molecular formula is C11H20N2O4. The molecule has 0 spiro atoms. The van der Waals surface area contributed by atoms with E-state index in [0.29, 0.717) is 19.6 Å². The number of nitrogens with one attached hydrogen (secondary N) is 2. The molecule has 1 amide bonds. The van der Waals surface area contributed by atoms with E-state index in [1.54, 1.807) is 0 Å². The fourth-order valence-electron chi connectivity index (χ4n) is 1.75. The van der Waals surface area contributed by atoms with E-state index in [2.05, 4.69) is 10.6 Å². The molecule has 0 aromatic carbocycles. The minimum Gasteiger partial charge on any atom is -0.481 e. The minimum absolute atomic E-state index is 0.0357. The second-order valence-corrected chi connectivity index (χ2v) is 4.17. The SMILES string of the molecule is CCC(CC(=O)O)NC(=O)CC1CNCCO1. The van der Waals surface area contributed by atoms with Crippen molar-refractivity contribution in [2.24, 2.45) is 0 Å². The molecule has 0 aromatic heterocycles. The molecule has 0 radical (unpaired) electrons. The predicted octanol–water partition coefficient (Wildman–Crippen LogP) is -0.266. The molecule has 1 saturated heterocycles. The van der Waals surface area contributed by atoms with Gasteiger partial charge in [0.2, 0.25) is 5.91 Å². The number of carboxylic acids is 1. The Bertz CT molecular complexity index is 264. The van der Waals surface area contributed by atoms with Crippen molar-refractivity contribution in [2.75, 3.05) is 19.7 Å². The molecule has 3 N–H and O–H groups in total. The highest BCUT2D eigenvalue weighted by molar-refractivity contribution is 5.77. The predicted molar refractivity (Wildman–Crippen MR) is 61.7 cm³/mol. The zero-order chi connectivity index (χ0) is 12.7. The second kappa shape index (κ2) is 7.24. The Hall–Kier alpha value is -1.14. The van der Waals surface area contributed by atoms with E-state index in [9.17, 15) is 9.59 Å². The maximum absolute atomic E-state index is 11.7. The smallest absolute Gasteiger partial charge is 0.305 e. The molecule has 0 aromatic rings. The third-order valence-corrected chi connectivity index (χ3v) is 2.70. The van der Waals surface area contributed by atoms with Crippen molar-refractivity contribution >= 4 is 11.9 Å². The van der Waals surface area contributed by atoms with Gasteiger partial charge in [0.1, 0.15) is 0 Å². The van der Waals surface area contributed by atoms with Crippen molar-refractivity contribution in [2.45, 2.75) is 38.3 Å². The van der Waals surface area contributed by atoms with Gasteiger partial charge in [-0.05, 0) is 6.42 Å². The van der Waals surface area contributed by atoms with Gasteiger partial charge in [-0.3, -0.25) is 9.59 Å². The van der Waals surface area contributed by atoms with Crippen LogP contribution in [0.15, 0.2) is 0 Å². The van der Waals surface area contributed by atoms with Gasteiger partial charge in [-0.25, -0.2) is 0 Å². The number of carboxylic acid groups (broad SMARTS) is 1. The molecular weight excluding hydrogens is 224 g/mol. The Labute approximate surface area is 101 Å². The Morgan fingerprint density at radius 1 is 1.59 bits per heavy atom. The van der Waals surface area contributed by atoms with E-state index in [-0.39, 0.29) is 30.9 Å². The van der Waals surface area contributed by atoms with Crippen LogP contribution in [0.25, 0.3) is 0 Å². The maximum atomic E-state index is 11.7. The number of aliphatic carboxylic acids is 1. The first-order valence-electron chi connectivity index (χ1n) is 5.95. The first kappa shape index (κ1) is 13.9. The summed E-state index contributed by atoms with van der Waals surface area (Å²) in [5.41, 5.74) is 0. The Kier molecular flexibility index (Phi) is 5.93. The van der Waals surface area contributed by atoms with Crippen LogP contribution in [-0.4, -0.2) is 48.8 Å². The average molecular weight is 244 g/mol. The van der Waals surface area contributed by atoms with Crippen LogP contribution in [0.3, 0.4) is 0 Å². The maximum Gasteiger partial charge on any atom is 0.305 e. The van der Waals surface area contributed by atoms with Crippen LogP contribution < -0.4 is 10.6 Å². The van der Waals surface area contributed by atoms with Gasteiger partial charge in [0.25, 0.3) is 0 Å². The molecule has 98 valence electrons. The molecule has 1 heterocycles. The van der Waals surface area contributed by atoms with E-state index >= 15 is 0 Å². The summed E-state index contributed by atoms with van der Waals surface area (Å²) in [6, 6.07) is -0.295. The van der Waals surface area contributed by atoms with Crippen molar-refractivity contribution in [3.8, 4) is 0 Å². The summed E-state index contributed by atoms with van der Waals surface area (Å²) in [5, 5.41) is 14.5. The Morgan fingerprint density at radius 3 is 2.88 bits per heavy atom. The molecule has 1 rings (SSSR count). The quantitative estimate of drug-likeness (QED) is 0.599. The van der Waals surface area contributed by atoms with Crippen LogP contribution in [0, 0.1) is 0 Å². The highest BCUT2D eigenvalue weighted by Crippen LogP contribution is 2.03. The fourth-order valence-corrected chi connectivity index (χ4v) is 1.75. The first-order valence-corrected chi connectivity index (χ1v) is 5.95. The molecule has 6 nitrogen and oxygen atoms in total. The lowest BCUT2D eigenvalue weighted by atomic mass is 10.1. The monoisotopic (exact) mass is 244 g/mol. The van der Waals surface area contributed by atoms with Crippen LogP contribution in [-0.2, 0) is 14.3 Å². The summed E-state index contributed by atoms with van der Waals surface area (Å²) in [4.78, 5) is 22.2. The van der Waals surface area contributed by atoms with Crippen LogP contribution in [0.1, 0.15) is 26.2 Å². The normalized spacial score (nSPS) is 21.8. The van der Waals surface area contributed by atoms with E-state index in [1.165, 1.54) is 0 Å². The van der Waals surface area contributed by atoms with Gasteiger partial charge in [0.15, 0.2) is 0 Å². The number of hydrogen-bond donors (Lipinski definition) is 3. The van der Waals surface area contributed by atoms with Crippen LogP contribution in [0.2, 0.25) is 0 Å². The fraction of sp³-hybridized carbons (Fsp3) is 0.818. The van der Waals surface area contributed by atoms with Crippen molar-refractivity contribution in [3.63, 3.8) is 0 Å². The average Bonchev–Trinajstić information content (AvgIpc) is 2.28. The number of morpholine rings is 1. The lowest BCUT2D eigenvalue weighted by Crippen LogP contribution is -2.43. The molecule has 0 saturated carbocycles. The highest BCUT2D eigenvalue weighted by Gasteiger charge is 2.19. The van der Waals surface area contributed by atoms with E-state index < -0.39 is 5.97 Å². The molecule has 2 atom stereocenters. The molecule has 17 heavy (non-hydrogen) atoms. The largest absolute Gasteiger partial charge is 0.481 e. The Balaban J connectivity index is 2.28. The number of amides is 1. The summed E-state index contributed by atoms with van der Waals surface area (Å²) in [5.74, 6) is -1.04. The molecule has 1 aliphatic rings. The number of ether oxygens (including phenoxy) is 1. The standard InChI is InChI=1S/C11H20N2O4/c1-2-8(5-11(15)16)13-10(14)6-9-7-12-3-4-17-9/h8-9,12H,2-7H2,1H3,(H,13,14)(H,15,16). The highest BCUT2D eigenvalue weighted by atomic mass is 16.5. The van der Waals surface area contributed by atoms with Crippen LogP contribution in [0.5, 0.6) is 0 Å². The van der Waals surface area contributed by atoms with Gasteiger partial charge in [0.05, 0.1) is 25.6 Å². The Morgan fingerprint density at radius 2 is 2.35 bits per heavy atom. The van der Waals surface area contributed by atoms with E-state index in [0.717, 1.165) is 6.54 Å². The number of hydrogen-bond acceptors (Lipinski definition) is 4. The summed E-state index contributed by atoms with van der Waals surface area (Å²) >= 11 is 0. The van der Waals surface area contributed by atoms with Crippen molar-refractivity contribution < 1.29 is 19.4 Å². The molecule has 6 heteroatoms. The van der Waals surface area contributed by atoms with Gasteiger partial charge >= 0.3 is 5.97 Å². The first-order chi connectivity index (χ1) is 8.11. The van der Waals surface area contributed by atoms with E-state index in [1.807, 2.05) is 6.92 Å². The van der Waals surface area contributed by atoms with Gasteiger partial charge in [0, 0.05) is 19.1 Å². The summed E-state index contributed by atoms with van der Waals surface area (Å²) in [6.45, 7) is 3.95. The molecule has 0 bridgehead atoms. The molecule has 2 unspecified atom stereocenters. The molecule has 1 fully saturated rings. The van der Waals surface area contributed by atoms with Crippen LogP contribution in [0.4, 0.5) is 0 Å². The number of rotatable bonds is 6. The lowest BCUT2D eigenvalue weighted by Gasteiger charge is -2.24. The van der Waals surface area contributed by atoms with Crippen molar-refractivity contribution in [1.29, 1.82) is 0 Å². The zero-order valence-electron chi connectivity index (χ0n) is 10.1. The van der Waals surface area contributed by atoms with Gasteiger partial charge in [-0.1, -0.05) is 6.92 Å². The second-order valence-electron chi connectivity index (χ2n) is 4.17. The third-order valence-electron chi connectivity index (χ3n) is 2.70. The van der Waals surface area contributed by atoms with Crippen molar-refractivity contribution in [3.05, 3.63) is 0 Å². The summed E-state index contributed by atoms with van der Waals surface area (Å²) in [7, 11) is 0. The topological polar surface area (TPSA) is 87.7 Å². The summed E-state index contributed by atoms with van der Waals surface area (Å²) in [6.07, 6.45) is 0.753. The van der Waals surface area contributed by atoms with Crippen LogP contribution >= 0.6 is 0 Å². The van der Waals surface area contributed by atoms with Gasteiger partial charge in [-0.15, -0.1) is 0 Å². The molecule has 1 aliphatic heterocycles. The number of carbonyl (C=O) groups excluding carboxylic acids is 1. The summed E-state index contributed by atoms with van der Waals surface area (Å²) < 4.78 is 5.41.